The lowest BCUT2D eigenvalue weighted by molar-refractivity contribution is 0.0830. The van der Waals surface area contributed by atoms with Gasteiger partial charge in [0.1, 0.15) is 5.82 Å². The smallest absolute Gasteiger partial charge is 0.124 e. The van der Waals surface area contributed by atoms with E-state index in [4.69, 9.17) is 9.72 Å². The van der Waals surface area contributed by atoms with E-state index in [0.29, 0.717) is 12.0 Å². The summed E-state index contributed by atoms with van der Waals surface area (Å²) in [4.78, 5) is 10.4. The molecule has 1 aromatic heterocycles. The van der Waals surface area contributed by atoms with Gasteiger partial charge in [-0.05, 0) is 68.3 Å². The van der Waals surface area contributed by atoms with Gasteiger partial charge in [0.05, 0.1) is 24.2 Å². The number of para-hydroxylation sites is 2. The molecule has 5 nitrogen and oxygen atoms in total. The van der Waals surface area contributed by atoms with E-state index in [0.717, 1.165) is 38.3 Å². The summed E-state index contributed by atoms with van der Waals surface area (Å²) < 4.78 is 7.85. The molecular formula is C28H38N4O. The lowest BCUT2D eigenvalue weighted by atomic mass is 9.95. The Morgan fingerprint density at radius 1 is 1.06 bits per heavy atom. The van der Waals surface area contributed by atoms with Gasteiger partial charge in [-0.2, -0.15) is 0 Å². The molecular weight excluding hydrogens is 408 g/mol. The van der Waals surface area contributed by atoms with Crippen LogP contribution in [0.3, 0.4) is 0 Å². The second kappa shape index (κ2) is 10.4. The van der Waals surface area contributed by atoms with Crippen LogP contribution in [0.5, 0.6) is 0 Å². The normalized spacial score (nSPS) is 19.5. The topological polar surface area (TPSA) is 33.5 Å². The molecule has 0 saturated carbocycles. The van der Waals surface area contributed by atoms with E-state index < -0.39 is 0 Å². The first-order valence-electron chi connectivity index (χ1n) is 12.7. The third-order valence-electron chi connectivity index (χ3n) is 7.64. The van der Waals surface area contributed by atoms with E-state index in [1.54, 1.807) is 18.2 Å². The zero-order valence-electron chi connectivity index (χ0n) is 20.2. The molecule has 0 unspecified atom stereocenters. The van der Waals surface area contributed by atoms with Crippen LogP contribution in [-0.2, 0) is 30.7 Å². The van der Waals surface area contributed by atoms with Crippen LogP contribution in [0, 0.1) is 5.92 Å². The van der Waals surface area contributed by atoms with Crippen LogP contribution < -0.4 is 0 Å². The van der Waals surface area contributed by atoms with Gasteiger partial charge in [0.25, 0.3) is 0 Å². The zero-order chi connectivity index (χ0) is 22.6. The van der Waals surface area contributed by atoms with Gasteiger partial charge in [0, 0.05) is 39.3 Å². The molecule has 2 aliphatic rings. The fourth-order valence-electron chi connectivity index (χ4n) is 5.99. The molecule has 1 fully saturated rings. The Kier molecular flexibility index (Phi) is 7.10. The van der Waals surface area contributed by atoms with Gasteiger partial charge in [0.15, 0.2) is 0 Å². The Balaban J connectivity index is 1.26. The maximum Gasteiger partial charge on any atom is 0.124 e. The first-order valence-corrected chi connectivity index (χ1v) is 12.7. The first kappa shape index (κ1) is 22.6. The molecule has 3 aromatic rings. The van der Waals surface area contributed by atoms with Crippen LogP contribution in [-0.4, -0.2) is 65.3 Å². The number of methoxy groups -OCH3 is 1. The van der Waals surface area contributed by atoms with E-state index in [-0.39, 0.29) is 0 Å². The molecule has 1 saturated heterocycles. The Labute approximate surface area is 198 Å². The second-order valence-electron chi connectivity index (χ2n) is 9.82. The van der Waals surface area contributed by atoms with Gasteiger partial charge in [-0.25, -0.2) is 4.98 Å². The highest BCUT2D eigenvalue weighted by Gasteiger charge is 2.31. The Morgan fingerprint density at radius 2 is 1.82 bits per heavy atom. The van der Waals surface area contributed by atoms with Gasteiger partial charge in [-0.15, -0.1) is 0 Å². The van der Waals surface area contributed by atoms with Crippen LogP contribution in [0.15, 0.2) is 48.5 Å². The van der Waals surface area contributed by atoms with Crippen LogP contribution in [0.25, 0.3) is 11.0 Å². The minimum atomic E-state index is 0.682. The number of nitrogens with zero attached hydrogens (tertiary/aromatic N) is 4. The lowest BCUT2D eigenvalue weighted by Crippen LogP contribution is -2.46. The highest BCUT2D eigenvalue weighted by molar-refractivity contribution is 5.75. The molecule has 0 N–H and O–H groups in total. The van der Waals surface area contributed by atoms with Crippen molar-refractivity contribution in [3.05, 3.63) is 65.5 Å². The quantitative estimate of drug-likeness (QED) is 0.488. The minimum Gasteiger partial charge on any atom is -0.383 e. The number of hydrogen-bond acceptors (Lipinski definition) is 4. The average molecular weight is 447 g/mol. The van der Waals surface area contributed by atoms with Crippen molar-refractivity contribution in [3.63, 3.8) is 0 Å². The molecule has 2 aromatic carbocycles. The van der Waals surface area contributed by atoms with Crippen LogP contribution in [0.4, 0.5) is 0 Å². The second-order valence-corrected chi connectivity index (χ2v) is 9.82. The fourth-order valence-corrected chi connectivity index (χ4v) is 5.99. The molecule has 176 valence electrons. The summed E-state index contributed by atoms with van der Waals surface area (Å²) in [6.07, 6.45) is 5.07. The van der Waals surface area contributed by atoms with Crippen LogP contribution >= 0.6 is 0 Å². The number of benzene rings is 2. The molecule has 0 amide bonds. The van der Waals surface area contributed by atoms with E-state index in [1.807, 2.05) is 0 Å². The van der Waals surface area contributed by atoms with Gasteiger partial charge < -0.3 is 9.30 Å². The number of fused-ring (bicyclic) bond motifs is 2. The van der Waals surface area contributed by atoms with Crippen LogP contribution in [0.1, 0.15) is 36.7 Å². The summed E-state index contributed by atoms with van der Waals surface area (Å²) in [5, 5.41) is 0. The molecule has 1 atom stereocenters. The Hall–Kier alpha value is -2.21. The number of imidazole rings is 1. The molecule has 0 bridgehead atoms. The predicted octanol–water partition coefficient (Wildman–Crippen LogP) is 4.38. The summed E-state index contributed by atoms with van der Waals surface area (Å²) in [5.74, 6) is 1.88. The van der Waals surface area contributed by atoms with Crippen molar-refractivity contribution in [2.24, 2.45) is 5.92 Å². The minimum absolute atomic E-state index is 0.682. The van der Waals surface area contributed by atoms with Crippen molar-refractivity contribution >= 4 is 11.0 Å². The zero-order valence-corrected chi connectivity index (χ0v) is 20.2. The van der Waals surface area contributed by atoms with Crippen molar-refractivity contribution < 1.29 is 4.74 Å². The van der Waals surface area contributed by atoms with Gasteiger partial charge in [-0.3, -0.25) is 9.80 Å². The lowest BCUT2D eigenvalue weighted by Gasteiger charge is -2.38. The molecule has 0 spiro atoms. The number of ether oxygens (including phenoxy) is 1. The van der Waals surface area contributed by atoms with Crippen molar-refractivity contribution in [1.29, 1.82) is 0 Å². The van der Waals surface area contributed by atoms with Crippen LogP contribution in [0.2, 0.25) is 0 Å². The maximum atomic E-state index is 5.47. The number of likely N-dealkylation sites (tertiary alicyclic amines) is 1. The average Bonchev–Trinajstić information content (AvgIpc) is 3.43. The molecule has 33 heavy (non-hydrogen) atoms. The standard InChI is InChI=1S/C28H38N4O/c1-3-32-27-13-7-6-12-26(27)29-28(32)21-30(15-16-33-2)19-22-9-8-14-31(20-22)25-17-23-10-4-5-11-24(23)18-25/h4-7,10-13,22,25H,3,8-9,14-21H2,1-2H3/t22-/m1/s1. The van der Waals surface area contributed by atoms with Crippen molar-refractivity contribution in [3.8, 4) is 0 Å². The molecule has 5 heteroatoms. The summed E-state index contributed by atoms with van der Waals surface area (Å²) in [6, 6.07) is 18.2. The maximum absolute atomic E-state index is 5.47. The number of hydrogen-bond donors (Lipinski definition) is 0. The number of piperidine rings is 1. The van der Waals surface area contributed by atoms with E-state index in [2.05, 4.69) is 69.8 Å². The Morgan fingerprint density at radius 3 is 2.58 bits per heavy atom. The SMILES string of the molecule is CCn1c(CN(CCOC)C[C@H]2CCCN(C3Cc4ccccc4C3)C2)nc2ccccc21. The predicted molar refractivity (Wildman–Crippen MR) is 134 cm³/mol. The summed E-state index contributed by atoms with van der Waals surface area (Å²) in [6.45, 7) is 9.35. The molecule has 5 rings (SSSR count). The molecule has 1 aliphatic carbocycles. The molecule has 1 aliphatic heterocycles. The van der Waals surface area contributed by atoms with Gasteiger partial charge in [0.2, 0.25) is 0 Å². The van der Waals surface area contributed by atoms with Crippen molar-refractivity contribution in [2.45, 2.75) is 51.7 Å². The van der Waals surface area contributed by atoms with Gasteiger partial charge in [-0.1, -0.05) is 36.4 Å². The first-order chi connectivity index (χ1) is 16.2. The summed E-state index contributed by atoms with van der Waals surface area (Å²) in [5.41, 5.74) is 5.46. The highest BCUT2D eigenvalue weighted by Crippen LogP contribution is 2.29. The van der Waals surface area contributed by atoms with Crippen molar-refractivity contribution in [1.82, 2.24) is 19.4 Å². The fraction of sp³-hybridized carbons (Fsp3) is 0.536. The summed E-state index contributed by atoms with van der Waals surface area (Å²) >= 11 is 0. The number of aromatic nitrogens is 2. The van der Waals surface area contributed by atoms with E-state index in [1.165, 1.54) is 50.1 Å². The Bertz CT molecular complexity index is 1040. The van der Waals surface area contributed by atoms with E-state index >= 15 is 0 Å². The van der Waals surface area contributed by atoms with Gasteiger partial charge >= 0.3 is 0 Å². The molecule has 2 heterocycles. The third kappa shape index (κ3) is 5.01. The molecule has 0 radical (unpaired) electrons. The number of aryl methyl sites for hydroxylation is 1. The number of rotatable bonds is 9. The van der Waals surface area contributed by atoms with E-state index in [9.17, 15) is 0 Å². The van der Waals surface area contributed by atoms with Crippen molar-refractivity contribution in [2.75, 3.05) is 39.9 Å². The summed E-state index contributed by atoms with van der Waals surface area (Å²) in [7, 11) is 1.81. The largest absolute Gasteiger partial charge is 0.383 e. The highest BCUT2D eigenvalue weighted by atomic mass is 16.5. The monoisotopic (exact) mass is 446 g/mol. The third-order valence-corrected chi connectivity index (χ3v) is 7.64.